The Balaban J connectivity index is 0.000000779. The maximum absolute atomic E-state index is 13.3. The van der Waals surface area contributed by atoms with Gasteiger partial charge in [-0.25, -0.2) is 4.79 Å². The third kappa shape index (κ3) is 10.0. The van der Waals surface area contributed by atoms with Crippen molar-refractivity contribution in [2.45, 2.75) is 124 Å². The molecule has 2 aliphatic rings. The minimum absolute atomic E-state index is 0.0691. The molecule has 2 amide bonds. The van der Waals surface area contributed by atoms with Crippen molar-refractivity contribution in [3.05, 3.63) is 0 Å². The molecule has 0 aromatic carbocycles. The zero-order valence-corrected chi connectivity index (χ0v) is 22.2. The van der Waals surface area contributed by atoms with E-state index in [2.05, 4.69) is 12.2 Å². The molecule has 1 heterocycles. The van der Waals surface area contributed by atoms with E-state index in [0.29, 0.717) is 6.54 Å². The molecule has 7 heteroatoms. The van der Waals surface area contributed by atoms with E-state index in [4.69, 9.17) is 10.5 Å². The molecule has 192 valence electrons. The summed E-state index contributed by atoms with van der Waals surface area (Å²) in [5.74, 6) is -0.940. The third-order valence-electron chi connectivity index (χ3n) is 6.22. The first-order valence-corrected chi connectivity index (χ1v) is 12.8. The number of carbonyl (C=O) groups is 3. The zero-order chi connectivity index (χ0) is 25.2. The third-order valence-corrected chi connectivity index (χ3v) is 6.22. The second-order valence-electron chi connectivity index (χ2n) is 11.5. The first-order chi connectivity index (χ1) is 15.3. The topological polar surface area (TPSA) is 102 Å². The molecule has 1 aliphatic heterocycles. The molecule has 7 nitrogen and oxygen atoms in total. The highest BCUT2D eigenvalue weighted by molar-refractivity contribution is 5.92. The average molecular weight is 468 g/mol. The highest BCUT2D eigenvalue weighted by atomic mass is 16.6. The summed E-state index contributed by atoms with van der Waals surface area (Å²) >= 11 is 0. The van der Waals surface area contributed by atoms with Gasteiger partial charge >= 0.3 is 5.97 Å². The van der Waals surface area contributed by atoms with Crippen LogP contribution in [0, 0.1) is 11.3 Å². The molecule has 0 spiro atoms. The van der Waals surface area contributed by atoms with E-state index in [1.807, 2.05) is 41.5 Å². The summed E-state index contributed by atoms with van der Waals surface area (Å²) in [6.45, 7) is 13.5. The fourth-order valence-electron chi connectivity index (χ4n) is 4.55. The maximum atomic E-state index is 13.3. The summed E-state index contributed by atoms with van der Waals surface area (Å²) in [5, 5.41) is 2.73. The van der Waals surface area contributed by atoms with Gasteiger partial charge in [-0.15, -0.1) is 0 Å². The molecular weight excluding hydrogens is 418 g/mol. The number of likely N-dealkylation sites (tertiary alicyclic amines) is 1. The lowest BCUT2D eigenvalue weighted by atomic mass is 9.85. The molecule has 3 atom stereocenters. The lowest BCUT2D eigenvalue weighted by Crippen LogP contribution is -2.58. The van der Waals surface area contributed by atoms with Crippen LogP contribution >= 0.6 is 0 Å². The van der Waals surface area contributed by atoms with Gasteiger partial charge in [0.05, 0.1) is 6.54 Å². The Kier molecular flexibility index (Phi) is 11.9. The van der Waals surface area contributed by atoms with Crippen LogP contribution < -0.4 is 11.1 Å². The summed E-state index contributed by atoms with van der Waals surface area (Å²) in [5.41, 5.74) is 4.28. The van der Waals surface area contributed by atoms with Crippen molar-refractivity contribution in [1.82, 2.24) is 10.2 Å². The van der Waals surface area contributed by atoms with Crippen molar-refractivity contribution < 1.29 is 19.1 Å². The smallest absolute Gasteiger partial charge is 0.329 e. The van der Waals surface area contributed by atoms with E-state index in [1.165, 1.54) is 38.5 Å². The van der Waals surface area contributed by atoms with Crippen LogP contribution in [0.1, 0.15) is 106 Å². The highest BCUT2D eigenvalue weighted by Crippen LogP contribution is 2.33. The van der Waals surface area contributed by atoms with Gasteiger partial charge in [0.2, 0.25) is 11.8 Å². The summed E-state index contributed by atoms with van der Waals surface area (Å²) < 4.78 is 5.61. The number of hydrogen-bond acceptors (Lipinski definition) is 5. The normalized spacial score (nSPS) is 22.1. The number of esters is 1. The lowest BCUT2D eigenvalue weighted by Gasteiger charge is -2.36. The minimum atomic E-state index is -0.751. The van der Waals surface area contributed by atoms with Crippen LogP contribution in [0.25, 0.3) is 0 Å². The van der Waals surface area contributed by atoms with Gasteiger partial charge < -0.3 is 20.7 Å². The van der Waals surface area contributed by atoms with E-state index >= 15 is 0 Å². The Bertz CT molecular complexity index is 621. The van der Waals surface area contributed by atoms with Crippen molar-refractivity contribution in [1.29, 1.82) is 0 Å². The quantitative estimate of drug-likeness (QED) is 0.571. The average Bonchev–Trinajstić information content (AvgIpc) is 3.15. The predicted octanol–water partition coefficient (Wildman–Crippen LogP) is 4.18. The van der Waals surface area contributed by atoms with Gasteiger partial charge in [0, 0.05) is 6.54 Å². The van der Waals surface area contributed by atoms with Crippen LogP contribution in [0.4, 0.5) is 0 Å². The molecule has 2 rings (SSSR count). The highest BCUT2D eigenvalue weighted by Gasteiger charge is 2.47. The Hall–Kier alpha value is -1.63. The number of rotatable bonds is 6. The van der Waals surface area contributed by atoms with Crippen molar-refractivity contribution in [2.24, 2.45) is 17.1 Å². The Labute approximate surface area is 201 Å². The molecule has 2 fully saturated rings. The Morgan fingerprint density at radius 3 is 1.91 bits per heavy atom. The SMILES string of the molecule is C1CCCCC1.CCC[C@H]1CCN(C(=O)C(NC(=O)CN)C(C)(C)C)[C@@H]1C(=O)OC(C)(C)C. The van der Waals surface area contributed by atoms with E-state index in [1.54, 1.807) is 4.90 Å². The van der Waals surface area contributed by atoms with Crippen LogP contribution in [0.3, 0.4) is 0 Å². The summed E-state index contributed by atoms with van der Waals surface area (Å²) in [4.78, 5) is 39.7. The monoisotopic (exact) mass is 467 g/mol. The van der Waals surface area contributed by atoms with Crippen molar-refractivity contribution in [2.75, 3.05) is 13.1 Å². The number of ether oxygens (including phenoxy) is 1. The summed E-state index contributed by atoms with van der Waals surface area (Å²) in [6.07, 6.45) is 11.5. The second kappa shape index (κ2) is 13.3. The van der Waals surface area contributed by atoms with E-state index in [9.17, 15) is 14.4 Å². The molecule has 1 saturated carbocycles. The van der Waals surface area contributed by atoms with Gasteiger partial charge in [-0.1, -0.05) is 72.6 Å². The van der Waals surface area contributed by atoms with Gasteiger partial charge in [-0.2, -0.15) is 0 Å². The van der Waals surface area contributed by atoms with Gasteiger partial charge in [0.25, 0.3) is 0 Å². The Morgan fingerprint density at radius 1 is 1.00 bits per heavy atom. The van der Waals surface area contributed by atoms with Crippen LogP contribution in [0.5, 0.6) is 0 Å². The first kappa shape index (κ1) is 29.4. The molecule has 0 aromatic rings. The number of carbonyl (C=O) groups excluding carboxylic acids is 3. The zero-order valence-electron chi connectivity index (χ0n) is 22.2. The molecule has 1 saturated heterocycles. The van der Waals surface area contributed by atoms with Gasteiger partial charge in [-0.05, 0) is 44.9 Å². The first-order valence-electron chi connectivity index (χ1n) is 12.8. The summed E-state index contributed by atoms with van der Waals surface area (Å²) in [7, 11) is 0. The molecule has 0 aromatic heterocycles. The minimum Gasteiger partial charge on any atom is -0.458 e. The van der Waals surface area contributed by atoms with Crippen molar-refractivity contribution in [3.63, 3.8) is 0 Å². The summed E-state index contributed by atoms with van der Waals surface area (Å²) in [6, 6.07) is -1.37. The molecule has 1 unspecified atom stereocenters. The molecule has 0 bridgehead atoms. The number of amides is 2. The number of hydrogen-bond donors (Lipinski definition) is 2. The van der Waals surface area contributed by atoms with Crippen LogP contribution in [-0.2, 0) is 19.1 Å². The van der Waals surface area contributed by atoms with Gasteiger partial charge in [0.15, 0.2) is 0 Å². The predicted molar refractivity (Wildman–Crippen MR) is 133 cm³/mol. The lowest BCUT2D eigenvalue weighted by molar-refractivity contribution is -0.165. The molecular formula is C26H49N3O4. The fraction of sp³-hybridized carbons (Fsp3) is 0.885. The second-order valence-corrected chi connectivity index (χ2v) is 11.5. The molecule has 0 radical (unpaired) electrons. The van der Waals surface area contributed by atoms with Crippen molar-refractivity contribution in [3.8, 4) is 0 Å². The van der Waals surface area contributed by atoms with Gasteiger partial charge in [-0.3, -0.25) is 9.59 Å². The molecule has 3 N–H and O–H groups in total. The van der Waals surface area contributed by atoms with E-state index in [-0.39, 0.29) is 30.2 Å². The van der Waals surface area contributed by atoms with Crippen LogP contribution in [0.2, 0.25) is 0 Å². The molecule has 33 heavy (non-hydrogen) atoms. The van der Waals surface area contributed by atoms with Crippen LogP contribution in [-0.4, -0.2) is 53.5 Å². The van der Waals surface area contributed by atoms with Crippen LogP contribution in [0.15, 0.2) is 0 Å². The molecule has 1 aliphatic carbocycles. The number of nitrogens with two attached hydrogens (primary N) is 1. The van der Waals surface area contributed by atoms with Crippen molar-refractivity contribution >= 4 is 17.8 Å². The van der Waals surface area contributed by atoms with E-state index < -0.39 is 23.1 Å². The standard InChI is InChI=1S/C20H37N3O4.C6H12/c1-8-9-13-10-11-23(15(13)18(26)27-20(5,6)7)17(25)16(19(2,3)4)22-14(24)12-21;1-2-4-6-5-3-1/h13,15-16H,8-12,21H2,1-7H3,(H,22,24);1-6H2/t13-,15-,16?;/m0./s1. The van der Waals surface area contributed by atoms with Gasteiger partial charge in [0.1, 0.15) is 17.7 Å². The number of nitrogens with one attached hydrogen (secondary N) is 1. The Morgan fingerprint density at radius 2 is 1.52 bits per heavy atom. The van der Waals surface area contributed by atoms with E-state index in [0.717, 1.165) is 19.3 Å². The fourth-order valence-corrected chi connectivity index (χ4v) is 4.55. The largest absolute Gasteiger partial charge is 0.458 e. The maximum Gasteiger partial charge on any atom is 0.329 e. The number of nitrogens with zero attached hydrogens (tertiary/aromatic N) is 1.